The zero-order chi connectivity index (χ0) is 11.8. The van der Waals surface area contributed by atoms with E-state index >= 15 is 0 Å². The van der Waals surface area contributed by atoms with Gasteiger partial charge in [-0.25, -0.2) is 0 Å². The van der Waals surface area contributed by atoms with Gasteiger partial charge >= 0.3 is 0 Å². The molecular formula is C13H23N3. The van der Waals surface area contributed by atoms with E-state index in [1.165, 1.54) is 5.69 Å². The Labute approximate surface area is 99.1 Å². The summed E-state index contributed by atoms with van der Waals surface area (Å²) in [7, 11) is 6.38. The minimum absolute atomic E-state index is 0.994. The van der Waals surface area contributed by atoms with Gasteiger partial charge < -0.3 is 15.1 Å². The fraction of sp³-hybridized carbons (Fsp3) is 0.538. The van der Waals surface area contributed by atoms with Crippen LogP contribution in [0.4, 0.5) is 5.69 Å². The molecule has 0 radical (unpaired) electrons. The first-order valence-electron chi connectivity index (χ1n) is 5.80. The van der Waals surface area contributed by atoms with Crippen LogP contribution in [0.15, 0.2) is 30.3 Å². The molecule has 0 aliphatic heterocycles. The van der Waals surface area contributed by atoms with Crippen molar-refractivity contribution in [3.05, 3.63) is 30.3 Å². The van der Waals surface area contributed by atoms with E-state index in [0.717, 1.165) is 26.2 Å². The second-order valence-corrected chi connectivity index (χ2v) is 4.40. The van der Waals surface area contributed by atoms with Gasteiger partial charge in [-0.15, -0.1) is 0 Å². The summed E-state index contributed by atoms with van der Waals surface area (Å²) in [5.74, 6) is 0. The van der Waals surface area contributed by atoms with Crippen molar-refractivity contribution in [2.45, 2.75) is 0 Å². The van der Waals surface area contributed by atoms with Gasteiger partial charge in [0.25, 0.3) is 0 Å². The molecule has 90 valence electrons. The Bertz CT molecular complexity index is 272. The third-order valence-electron chi connectivity index (χ3n) is 2.53. The van der Waals surface area contributed by atoms with E-state index in [1.54, 1.807) is 0 Å². The van der Waals surface area contributed by atoms with Gasteiger partial charge in [-0.05, 0) is 33.3 Å². The van der Waals surface area contributed by atoms with Gasteiger partial charge in [0.05, 0.1) is 0 Å². The molecule has 0 atom stereocenters. The van der Waals surface area contributed by atoms with Crippen molar-refractivity contribution in [2.75, 3.05) is 52.6 Å². The van der Waals surface area contributed by atoms with Gasteiger partial charge in [0.15, 0.2) is 0 Å². The lowest BCUT2D eigenvalue weighted by atomic mass is 10.3. The highest BCUT2D eigenvalue weighted by Gasteiger charge is 1.98. The standard InChI is InChI=1S/C13H23N3/c1-15(2)11-12-16(3)10-9-14-13-7-5-4-6-8-13/h4-8,14H,9-12H2,1-3H3. The topological polar surface area (TPSA) is 18.5 Å². The molecule has 16 heavy (non-hydrogen) atoms. The first-order chi connectivity index (χ1) is 7.68. The lowest BCUT2D eigenvalue weighted by Gasteiger charge is -2.19. The van der Waals surface area contributed by atoms with Crippen LogP contribution in [-0.2, 0) is 0 Å². The monoisotopic (exact) mass is 221 g/mol. The Morgan fingerprint density at radius 3 is 2.25 bits per heavy atom. The molecule has 0 heterocycles. The Balaban J connectivity index is 2.11. The number of para-hydroxylation sites is 1. The minimum atomic E-state index is 0.994. The fourth-order valence-electron chi connectivity index (χ4n) is 1.43. The highest BCUT2D eigenvalue weighted by molar-refractivity contribution is 5.42. The smallest absolute Gasteiger partial charge is 0.0340 e. The van der Waals surface area contributed by atoms with Crippen molar-refractivity contribution in [3.8, 4) is 0 Å². The van der Waals surface area contributed by atoms with Gasteiger partial charge in [-0.1, -0.05) is 18.2 Å². The number of hydrogen-bond donors (Lipinski definition) is 1. The normalized spacial score (nSPS) is 11.1. The van der Waals surface area contributed by atoms with E-state index in [-0.39, 0.29) is 0 Å². The summed E-state index contributed by atoms with van der Waals surface area (Å²) in [4.78, 5) is 4.55. The molecule has 0 saturated heterocycles. The third kappa shape index (κ3) is 5.73. The van der Waals surface area contributed by atoms with E-state index in [4.69, 9.17) is 0 Å². The van der Waals surface area contributed by atoms with Crippen molar-refractivity contribution >= 4 is 5.69 Å². The number of nitrogens with zero attached hydrogens (tertiary/aromatic N) is 2. The first kappa shape index (κ1) is 13.0. The van der Waals surface area contributed by atoms with Crippen molar-refractivity contribution in [2.24, 2.45) is 0 Å². The Hall–Kier alpha value is -1.06. The Kier molecular flexibility index (Phi) is 5.90. The summed E-state index contributed by atoms with van der Waals surface area (Å²) >= 11 is 0. The molecule has 0 aliphatic rings. The van der Waals surface area contributed by atoms with Crippen molar-refractivity contribution in [1.29, 1.82) is 0 Å². The highest BCUT2D eigenvalue weighted by atomic mass is 15.2. The molecule has 0 saturated carbocycles. The van der Waals surface area contributed by atoms with Crippen LogP contribution in [0, 0.1) is 0 Å². The molecular weight excluding hydrogens is 198 g/mol. The van der Waals surface area contributed by atoms with Gasteiger partial charge in [0, 0.05) is 31.9 Å². The number of benzene rings is 1. The SMILES string of the molecule is CN(C)CCN(C)CCNc1ccccc1. The van der Waals surface area contributed by atoms with Gasteiger partial charge in [0.2, 0.25) is 0 Å². The summed E-state index contributed by atoms with van der Waals surface area (Å²) in [6.07, 6.45) is 0. The Morgan fingerprint density at radius 2 is 1.62 bits per heavy atom. The second kappa shape index (κ2) is 7.25. The van der Waals surface area contributed by atoms with Crippen LogP contribution >= 0.6 is 0 Å². The summed E-state index contributed by atoms with van der Waals surface area (Å²) < 4.78 is 0. The number of anilines is 1. The van der Waals surface area contributed by atoms with Crippen molar-refractivity contribution in [3.63, 3.8) is 0 Å². The lowest BCUT2D eigenvalue weighted by molar-refractivity contribution is 0.289. The number of likely N-dealkylation sites (N-methyl/N-ethyl adjacent to an activating group) is 2. The highest BCUT2D eigenvalue weighted by Crippen LogP contribution is 2.03. The third-order valence-corrected chi connectivity index (χ3v) is 2.53. The van der Waals surface area contributed by atoms with Gasteiger partial charge in [-0.2, -0.15) is 0 Å². The molecule has 1 rings (SSSR count). The van der Waals surface area contributed by atoms with Crippen LogP contribution in [0.25, 0.3) is 0 Å². The molecule has 0 aliphatic carbocycles. The van der Waals surface area contributed by atoms with Gasteiger partial charge in [0.1, 0.15) is 0 Å². The van der Waals surface area contributed by atoms with Crippen LogP contribution in [-0.4, -0.2) is 57.1 Å². The van der Waals surface area contributed by atoms with Gasteiger partial charge in [-0.3, -0.25) is 0 Å². The predicted octanol–water partition coefficient (Wildman–Crippen LogP) is 1.59. The molecule has 3 nitrogen and oxygen atoms in total. The Morgan fingerprint density at radius 1 is 0.938 bits per heavy atom. The fourth-order valence-corrected chi connectivity index (χ4v) is 1.43. The van der Waals surface area contributed by atoms with E-state index in [9.17, 15) is 0 Å². The summed E-state index contributed by atoms with van der Waals surface area (Å²) in [6.45, 7) is 4.29. The maximum atomic E-state index is 3.41. The minimum Gasteiger partial charge on any atom is -0.384 e. The molecule has 1 N–H and O–H groups in total. The van der Waals surface area contributed by atoms with Crippen LogP contribution in [0.2, 0.25) is 0 Å². The van der Waals surface area contributed by atoms with Crippen molar-refractivity contribution in [1.82, 2.24) is 9.80 Å². The van der Waals surface area contributed by atoms with E-state index < -0.39 is 0 Å². The van der Waals surface area contributed by atoms with E-state index in [2.05, 4.69) is 60.5 Å². The predicted molar refractivity (Wildman–Crippen MR) is 71.0 cm³/mol. The van der Waals surface area contributed by atoms with Crippen LogP contribution < -0.4 is 5.32 Å². The molecule has 0 bridgehead atoms. The average Bonchev–Trinajstić information content (AvgIpc) is 2.28. The molecule has 1 aromatic rings. The van der Waals surface area contributed by atoms with Crippen molar-refractivity contribution < 1.29 is 0 Å². The van der Waals surface area contributed by atoms with Crippen LogP contribution in [0.3, 0.4) is 0 Å². The molecule has 0 amide bonds. The largest absolute Gasteiger partial charge is 0.384 e. The quantitative estimate of drug-likeness (QED) is 0.754. The van der Waals surface area contributed by atoms with Crippen LogP contribution in [0.1, 0.15) is 0 Å². The molecule has 0 aromatic heterocycles. The molecule has 0 unspecified atom stereocenters. The molecule has 3 heteroatoms. The first-order valence-corrected chi connectivity index (χ1v) is 5.80. The number of hydrogen-bond acceptors (Lipinski definition) is 3. The number of nitrogens with one attached hydrogen (secondary N) is 1. The average molecular weight is 221 g/mol. The lowest BCUT2D eigenvalue weighted by Crippen LogP contribution is -2.32. The van der Waals surface area contributed by atoms with Crippen LogP contribution in [0.5, 0.6) is 0 Å². The van der Waals surface area contributed by atoms with E-state index in [1.807, 2.05) is 6.07 Å². The summed E-state index contributed by atoms with van der Waals surface area (Å²) in [6, 6.07) is 10.3. The zero-order valence-corrected chi connectivity index (χ0v) is 10.6. The van der Waals surface area contributed by atoms with E-state index in [0.29, 0.717) is 0 Å². The molecule has 1 aromatic carbocycles. The maximum absolute atomic E-state index is 3.41. The summed E-state index contributed by atoms with van der Waals surface area (Å²) in [5, 5.41) is 3.41. The zero-order valence-electron chi connectivity index (χ0n) is 10.6. The number of rotatable bonds is 7. The maximum Gasteiger partial charge on any atom is 0.0340 e. The summed E-state index contributed by atoms with van der Waals surface area (Å²) in [5.41, 5.74) is 1.20. The molecule has 0 spiro atoms. The second-order valence-electron chi connectivity index (χ2n) is 4.40. The molecule has 0 fully saturated rings.